The molecular formula is C13H18BrNO2S. The van der Waals surface area contributed by atoms with Gasteiger partial charge in [-0.2, -0.15) is 11.8 Å². The summed E-state index contributed by atoms with van der Waals surface area (Å²) < 4.78 is 12.4. The molecule has 3 unspecified atom stereocenters. The Hall–Kier alpha value is 0.0300. The molecule has 1 spiro atoms. The first-order valence-corrected chi connectivity index (χ1v) is 8.36. The van der Waals surface area contributed by atoms with Crippen LogP contribution in [0, 0.1) is 5.92 Å². The van der Waals surface area contributed by atoms with Crippen molar-refractivity contribution in [2.24, 2.45) is 11.7 Å². The summed E-state index contributed by atoms with van der Waals surface area (Å²) in [7, 11) is 0. The maximum absolute atomic E-state index is 6.36. The number of nitrogens with two attached hydrogens (primary N) is 1. The Kier molecular flexibility index (Phi) is 3.76. The van der Waals surface area contributed by atoms with Gasteiger partial charge < -0.3 is 14.9 Å². The number of hydrogen-bond donors (Lipinski definition) is 1. The van der Waals surface area contributed by atoms with Gasteiger partial charge in [-0.3, -0.25) is 0 Å². The average molecular weight is 332 g/mol. The minimum Gasteiger partial charge on any atom is -0.453 e. The van der Waals surface area contributed by atoms with Crippen molar-refractivity contribution >= 4 is 27.7 Å². The van der Waals surface area contributed by atoms with Gasteiger partial charge in [-0.25, -0.2) is 0 Å². The standard InChI is InChI=1S/C13H18BrNO2S/c14-11-2-1-10(17-11)12(15)9-3-5-16-13(7-9)4-6-18-8-13/h1-2,9,12H,3-8,15H2. The van der Waals surface area contributed by atoms with Crippen molar-refractivity contribution in [2.75, 3.05) is 18.1 Å². The highest BCUT2D eigenvalue weighted by Crippen LogP contribution is 2.43. The second-order valence-electron chi connectivity index (χ2n) is 5.25. The first kappa shape index (κ1) is 13.0. The Bertz CT molecular complexity index is 417. The molecule has 18 heavy (non-hydrogen) atoms. The van der Waals surface area contributed by atoms with Gasteiger partial charge in [0.25, 0.3) is 0 Å². The summed E-state index contributed by atoms with van der Waals surface area (Å²) in [6.45, 7) is 0.834. The topological polar surface area (TPSA) is 48.4 Å². The molecule has 3 rings (SSSR count). The zero-order valence-corrected chi connectivity index (χ0v) is 12.6. The van der Waals surface area contributed by atoms with Crippen molar-refractivity contribution in [3.8, 4) is 0 Å². The number of halogens is 1. The van der Waals surface area contributed by atoms with Gasteiger partial charge in [0.1, 0.15) is 5.76 Å². The van der Waals surface area contributed by atoms with Crippen LogP contribution in [0.5, 0.6) is 0 Å². The van der Waals surface area contributed by atoms with Crippen LogP contribution < -0.4 is 5.73 Å². The molecule has 0 aliphatic carbocycles. The molecule has 0 saturated carbocycles. The van der Waals surface area contributed by atoms with Gasteiger partial charge >= 0.3 is 0 Å². The van der Waals surface area contributed by atoms with Gasteiger partial charge in [-0.1, -0.05) is 0 Å². The molecular weight excluding hydrogens is 314 g/mol. The van der Waals surface area contributed by atoms with Crippen LogP contribution in [0.15, 0.2) is 21.2 Å². The second kappa shape index (κ2) is 5.19. The Balaban J connectivity index is 1.72. The lowest BCUT2D eigenvalue weighted by Gasteiger charge is -2.39. The van der Waals surface area contributed by atoms with E-state index in [0.29, 0.717) is 5.92 Å². The molecule has 2 saturated heterocycles. The predicted octanol–water partition coefficient (Wildman–Crippen LogP) is 3.34. The van der Waals surface area contributed by atoms with E-state index in [4.69, 9.17) is 14.9 Å². The van der Waals surface area contributed by atoms with Crippen molar-refractivity contribution < 1.29 is 9.15 Å². The average Bonchev–Trinajstić information content (AvgIpc) is 2.98. The lowest BCUT2D eigenvalue weighted by molar-refractivity contribution is -0.0843. The summed E-state index contributed by atoms with van der Waals surface area (Å²) >= 11 is 5.33. The molecule has 2 fully saturated rings. The van der Waals surface area contributed by atoms with Crippen molar-refractivity contribution in [3.63, 3.8) is 0 Å². The molecule has 2 aliphatic heterocycles. The smallest absolute Gasteiger partial charge is 0.169 e. The Morgan fingerprint density at radius 3 is 3.06 bits per heavy atom. The number of thioether (sulfide) groups is 1. The van der Waals surface area contributed by atoms with Crippen LogP contribution in [0.3, 0.4) is 0 Å². The molecule has 3 atom stereocenters. The third-order valence-electron chi connectivity index (χ3n) is 4.03. The van der Waals surface area contributed by atoms with Crippen LogP contribution in [0.4, 0.5) is 0 Å². The monoisotopic (exact) mass is 331 g/mol. The molecule has 0 bridgehead atoms. The van der Waals surface area contributed by atoms with E-state index in [2.05, 4.69) is 15.9 Å². The summed E-state index contributed by atoms with van der Waals surface area (Å²) in [5, 5.41) is 0. The summed E-state index contributed by atoms with van der Waals surface area (Å²) in [6.07, 6.45) is 3.27. The summed E-state index contributed by atoms with van der Waals surface area (Å²) in [6, 6.07) is 3.87. The van der Waals surface area contributed by atoms with E-state index < -0.39 is 0 Å². The van der Waals surface area contributed by atoms with E-state index in [1.165, 1.54) is 12.2 Å². The zero-order valence-electron chi connectivity index (χ0n) is 10.2. The minimum atomic E-state index is -0.0114. The molecule has 1 aromatic heterocycles. The van der Waals surface area contributed by atoms with Crippen LogP contribution in [0.1, 0.15) is 31.1 Å². The predicted molar refractivity (Wildman–Crippen MR) is 76.7 cm³/mol. The highest BCUT2D eigenvalue weighted by Gasteiger charge is 2.42. The lowest BCUT2D eigenvalue weighted by atomic mass is 9.81. The van der Waals surface area contributed by atoms with Crippen molar-refractivity contribution in [1.29, 1.82) is 0 Å². The summed E-state index contributed by atoms with van der Waals surface area (Å²) in [4.78, 5) is 0. The Labute approximate surface area is 120 Å². The van der Waals surface area contributed by atoms with Crippen molar-refractivity contribution in [3.05, 3.63) is 22.6 Å². The van der Waals surface area contributed by atoms with E-state index in [0.717, 1.165) is 35.6 Å². The van der Waals surface area contributed by atoms with Gasteiger partial charge in [0.15, 0.2) is 4.67 Å². The highest BCUT2D eigenvalue weighted by molar-refractivity contribution is 9.10. The van der Waals surface area contributed by atoms with E-state index >= 15 is 0 Å². The SMILES string of the molecule is NC(c1ccc(Br)o1)C1CCOC2(CCSC2)C1. The quantitative estimate of drug-likeness (QED) is 0.902. The largest absolute Gasteiger partial charge is 0.453 e. The van der Waals surface area contributed by atoms with Gasteiger partial charge in [0.2, 0.25) is 0 Å². The third kappa shape index (κ3) is 2.50. The molecule has 100 valence electrons. The summed E-state index contributed by atoms with van der Waals surface area (Å²) in [5.74, 6) is 3.69. The molecule has 3 heterocycles. The van der Waals surface area contributed by atoms with E-state index in [-0.39, 0.29) is 11.6 Å². The van der Waals surface area contributed by atoms with Gasteiger partial charge in [0.05, 0.1) is 11.6 Å². The van der Waals surface area contributed by atoms with Crippen LogP contribution in [-0.4, -0.2) is 23.7 Å². The first-order chi connectivity index (χ1) is 8.69. The highest BCUT2D eigenvalue weighted by atomic mass is 79.9. The Morgan fingerprint density at radius 2 is 2.39 bits per heavy atom. The van der Waals surface area contributed by atoms with E-state index in [9.17, 15) is 0 Å². The number of furan rings is 1. The van der Waals surface area contributed by atoms with Crippen LogP contribution in [0.2, 0.25) is 0 Å². The molecule has 2 N–H and O–H groups in total. The molecule has 1 aromatic rings. The third-order valence-corrected chi connectivity index (χ3v) is 5.68. The molecule has 5 heteroatoms. The maximum Gasteiger partial charge on any atom is 0.169 e. The fourth-order valence-corrected chi connectivity index (χ4v) is 4.67. The van der Waals surface area contributed by atoms with Gasteiger partial charge in [-0.05, 0) is 59.0 Å². The fourth-order valence-electron chi connectivity index (χ4n) is 2.98. The Morgan fingerprint density at radius 1 is 1.50 bits per heavy atom. The van der Waals surface area contributed by atoms with Crippen molar-refractivity contribution in [1.82, 2.24) is 0 Å². The molecule has 0 amide bonds. The minimum absolute atomic E-state index is 0.0114. The molecule has 2 aliphatic rings. The molecule has 0 aromatic carbocycles. The van der Waals surface area contributed by atoms with Gasteiger partial charge in [0, 0.05) is 12.4 Å². The fraction of sp³-hybridized carbons (Fsp3) is 0.692. The number of rotatable bonds is 2. The van der Waals surface area contributed by atoms with Crippen LogP contribution >= 0.6 is 27.7 Å². The van der Waals surface area contributed by atoms with Crippen molar-refractivity contribution in [2.45, 2.75) is 30.9 Å². The maximum atomic E-state index is 6.36. The first-order valence-electron chi connectivity index (χ1n) is 6.41. The number of ether oxygens (including phenoxy) is 1. The lowest BCUT2D eigenvalue weighted by Crippen LogP contribution is -2.42. The van der Waals surface area contributed by atoms with Crippen LogP contribution in [0.25, 0.3) is 0 Å². The molecule has 0 radical (unpaired) electrons. The van der Waals surface area contributed by atoms with E-state index in [1.807, 2.05) is 23.9 Å². The molecule has 3 nitrogen and oxygen atoms in total. The number of hydrogen-bond acceptors (Lipinski definition) is 4. The summed E-state index contributed by atoms with van der Waals surface area (Å²) in [5.41, 5.74) is 6.45. The van der Waals surface area contributed by atoms with E-state index in [1.54, 1.807) is 0 Å². The van der Waals surface area contributed by atoms with Gasteiger partial charge in [-0.15, -0.1) is 0 Å². The second-order valence-corrected chi connectivity index (χ2v) is 7.14. The zero-order chi connectivity index (χ0) is 12.6. The van der Waals surface area contributed by atoms with Crippen LogP contribution in [-0.2, 0) is 4.74 Å². The normalized spacial score (nSPS) is 34.0.